The predicted molar refractivity (Wildman–Crippen MR) is 117 cm³/mol. The van der Waals surface area contributed by atoms with Crippen LogP contribution in [0.4, 0.5) is 11.4 Å². The number of carbonyl (C=O) groups excluding carboxylic acids is 1. The molecule has 1 amide bonds. The molecule has 1 aromatic carbocycles. The zero-order chi connectivity index (χ0) is 21.0. The maximum absolute atomic E-state index is 12.7. The van der Waals surface area contributed by atoms with Gasteiger partial charge in [0.2, 0.25) is 0 Å². The number of thiophene rings is 1. The van der Waals surface area contributed by atoms with Crippen molar-refractivity contribution in [2.24, 2.45) is 5.92 Å². The molecule has 29 heavy (non-hydrogen) atoms. The van der Waals surface area contributed by atoms with Crippen molar-refractivity contribution in [3.8, 4) is 0 Å². The third kappa shape index (κ3) is 5.13. The maximum atomic E-state index is 12.7. The van der Waals surface area contributed by atoms with Gasteiger partial charge in [-0.15, -0.1) is 11.3 Å². The quantitative estimate of drug-likeness (QED) is 0.547. The molecule has 1 N–H and O–H groups in total. The van der Waals surface area contributed by atoms with Crippen LogP contribution in [0.1, 0.15) is 41.0 Å². The molecule has 7 nitrogen and oxygen atoms in total. The van der Waals surface area contributed by atoms with Gasteiger partial charge in [0.15, 0.2) is 0 Å². The number of anilines is 1. The van der Waals surface area contributed by atoms with E-state index < -0.39 is 4.92 Å². The minimum atomic E-state index is -0.390. The van der Waals surface area contributed by atoms with E-state index in [0.29, 0.717) is 23.7 Å². The molecule has 0 aliphatic carbocycles. The molecule has 1 unspecified atom stereocenters. The van der Waals surface area contributed by atoms with Crippen LogP contribution >= 0.6 is 11.3 Å². The first kappa shape index (κ1) is 21.3. The van der Waals surface area contributed by atoms with Gasteiger partial charge in [-0.3, -0.25) is 14.9 Å². The Labute approximate surface area is 175 Å². The highest BCUT2D eigenvalue weighted by Gasteiger charge is 2.25. The van der Waals surface area contributed by atoms with E-state index >= 15 is 0 Å². The number of likely N-dealkylation sites (N-methyl/N-ethyl adjacent to an activating group) is 1. The lowest BCUT2D eigenvalue weighted by Gasteiger charge is -2.31. The molecular formula is C21H28N4O3S. The lowest BCUT2D eigenvalue weighted by atomic mass is 9.98. The molecule has 1 atom stereocenters. The lowest BCUT2D eigenvalue weighted by molar-refractivity contribution is -0.384. The third-order valence-electron chi connectivity index (χ3n) is 5.51. The molecular weight excluding hydrogens is 388 g/mol. The summed E-state index contributed by atoms with van der Waals surface area (Å²) in [6.45, 7) is 4.25. The highest BCUT2D eigenvalue weighted by molar-refractivity contribution is 7.10. The van der Waals surface area contributed by atoms with Crippen LogP contribution in [0.3, 0.4) is 0 Å². The van der Waals surface area contributed by atoms with Crippen molar-refractivity contribution in [2.75, 3.05) is 38.6 Å². The minimum absolute atomic E-state index is 0.00498. The summed E-state index contributed by atoms with van der Waals surface area (Å²) < 4.78 is 0. The molecule has 0 radical (unpaired) electrons. The van der Waals surface area contributed by atoms with Crippen LogP contribution in [0.15, 0.2) is 35.7 Å². The maximum Gasteiger partial charge on any atom is 0.293 e. The molecule has 2 heterocycles. The van der Waals surface area contributed by atoms with Gasteiger partial charge in [-0.2, -0.15) is 0 Å². The van der Waals surface area contributed by atoms with Crippen molar-refractivity contribution in [1.29, 1.82) is 0 Å². The van der Waals surface area contributed by atoms with E-state index in [2.05, 4.69) is 22.0 Å². The van der Waals surface area contributed by atoms with E-state index in [1.54, 1.807) is 23.5 Å². The monoisotopic (exact) mass is 416 g/mol. The van der Waals surface area contributed by atoms with Gasteiger partial charge in [0.1, 0.15) is 5.69 Å². The van der Waals surface area contributed by atoms with E-state index in [-0.39, 0.29) is 17.6 Å². The van der Waals surface area contributed by atoms with E-state index in [1.807, 2.05) is 31.6 Å². The van der Waals surface area contributed by atoms with Crippen LogP contribution in [0, 0.1) is 16.0 Å². The van der Waals surface area contributed by atoms with Crippen molar-refractivity contribution in [2.45, 2.75) is 25.8 Å². The summed E-state index contributed by atoms with van der Waals surface area (Å²) in [6, 6.07) is 8.89. The standard InChI is InChI=1S/C21H28N4O3S/c1-15-8-10-24(11-9-15)17-7-6-16(13-18(17)25(27)28)21(26)22-14-19(23(2)3)20-5-4-12-29-20/h4-7,12-13,15,19H,8-11,14H2,1-3H3,(H,22,26). The fraction of sp³-hybridized carbons (Fsp3) is 0.476. The van der Waals surface area contributed by atoms with Crippen molar-refractivity contribution in [3.05, 3.63) is 56.3 Å². The average molecular weight is 417 g/mol. The summed E-state index contributed by atoms with van der Waals surface area (Å²) in [6.07, 6.45) is 2.04. The van der Waals surface area contributed by atoms with Crippen LogP contribution < -0.4 is 10.2 Å². The second kappa shape index (κ2) is 9.37. The Hall–Kier alpha value is -2.45. The highest BCUT2D eigenvalue weighted by atomic mass is 32.1. The van der Waals surface area contributed by atoms with Gasteiger partial charge < -0.3 is 15.1 Å². The smallest absolute Gasteiger partial charge is 0.293 e. The SMILES string of the molecule is CC1CCN(c2ccc(C(=O)NCC(c3cccs3)N(C)C)cc2[N+](=O)[O-])CC1. The van der Waals surface area contributed by atoms with E-state index in [9.17, 15) is 14.9 Å². The van der Waals surface area contributed by atoms with E-state index in [1.165, 1.54) is 6.07 Å². The topological polar surface area (TPSA) is 78.7 Å². The van der Waals surface area contributed by atoms with Crippen LogP contribution in [-0.4, -0.2) is 49.5 Å². The second-order valence-electron chi connectivity index (χ2n) is 7.84. The van der Waals surface area contributed by atoms with Gasteiger partial charge in [0.25, 0.3) is 11.6 Å². The van der Waals surface area contributed by atoms with Gasteiger partial charge in [-0.25, -0.2) is 0 Å². The Morgan fingerprint density at radius 3 is 2.66 bits per heavy atom. The Morgan fingerprint density at radius 2 is 2.07 bits per heavy atom. The average Bonchev–Trinajstić information content (AvgIpc) is 3.22. The first-order valence-electron chi connectivity index (χ1n) is 9.88. The van der Waals surface area contributed by atoms with Crippen LogP contribution in [0.2, 0.25) is 0 Å². The lowest BCUT2D eigenvalue weighted by Crippen LogP contribution is -2.34. The summed E-state index contributed by atoms with van der Waals surface area (Å²) in [4.78, 5) is 29.2. The van der Waals surface area contributed by atoms with Gasteiger partial charge in [-0.05, 0) is 56.4 Å². The van der Waals surface area contributed by atoms with E-state index in [0.717, 1.165) is 30.8 Å². The Kier molecular flexibility index (Phi) is 6.87. The molecule has 8 heteroatoms. The Bertz CT molecular complexity index is 846. The highest BCUT2D eigenvalue weighted by Crippen LogP contribution is 2.32. The summed E-state index contributed by atoms with van der Waals surface area (Å²) in [5.41, 5.74) is 0.910. The number of rotatable bonds is 7. The predicted octanol–water partition coefficient (Wildman–Crippen LogP) is 3.93. The second-order valence-corrected chi connectivity index (χ2v) is 8.81. The number of nitrogens with zero attached hydrogens (tertiary/aromatic N) is 3. The van der Waals surface area contributed by atoms with Crippen molar-refractivity contribution >= 4 is 28.6 Å². The van der Waals surface area contributed by atoms with Crippen molar-refractivity contribution in [1.82, 2.24) is 10.2 Å². The summed E-state index contributed by atoms with van der Waals surface area (Å²) >= 11 is 1.64. The molecule has 3 rings (SSSR count). The molecule has 0 saturated carbocycles. The van der Waals surface area contributed by atoms with Gasteiger partial charge in [0, 0.05) is 36.1 Å². The number of nitro benzene ring substituents is 1. The number of carbonyl (C=O) groups is 1. The van der Waals surface area contributed by atoms with Gasteiger partial charge in [0.05, 0.1) is 11.0 Å². The fourth-order valence-corrected chi connectivity index (χ4v) is 4.56. The number of piperidine rings is 1. The van der Waals surface area contributed by atoms with E-state index in [4.69, 9.17) is 0 Å². The molecule has 2 aromatic rings. The zero-order valence-corrected chi connectivity index (χ0v) is 17.9. The largest absolute Gasteiger partial charge is 0.366 e. The summed E-state index contributed by atoms with van der Waals surface area (Å²) in [5.74, 6) is 0.346. The third-order valence-corrected chi connectivity index (χ3v) is 6.48. The molecule has 1 aliphatic rings. The number of amides is 1. The summed E-state index contributed by atoms with van der Waals surface area (Å²) in [7, 11) is 3.94. The number of nitro groups is 1. The number of hydrogen-bond donors (Lipinski definition) is 1. The molecule has 1 fully saturated rings. The van der Waals surface area contributed by atoms with Gasteiger partial charge >= 0.3 is 0 Å². The molecule has 156 valence electrons. The van der Waals surface area contributed by atoms with Crippen molar-refractivity contribution in [3.63, 3.8) is 0 Å². The minimum Gasteiger partial charge on any atom is -0.366 e. The van der Waals surface area contributed by atoms with Crippen LogP contribution in [-0.2, 0) is 0 Å². The first-order valence-corrected chi connectivity index (χ1v) is 10.8. The number of benzene rings is 1. The fourth-order valence-electron chi connectivity index (χ4n) is 3.64. The van der Waals surface area contributed by atoms with Crippen LogP contribution in [0.5, 0.6) is 0 Å². The Balaban J connectivity index is 1.73. The summed E-state index contributed by atoms with van der Waals surface area (Å²) in [5, 5.41) is 16.6. The molecule has 1 aliphatic heterocycles. The molecule has 0 spiro atoms. The van der Waals surface area contributed by atoms with Crippen LogP contribution in [0.25, 0.3) is 0 Å². The molecule has 0 bridgehead atoms. The molecule has 1 aromatic heterocycles. The normalized spacial score (nSPS) is 16.1. The van der Waals surface area contributed by atoms with Crippen molar-refractivity contribution < 1.29 is 9.72 Å². The number of hydrogen-bond acceptors (Lipinski definition) is 6. The number of nitrogens with one attached hydrogen (secondary N) is 1. The first-order chi connectivity index (χ1) is 13.9. The molecule has 1 saturated heterocycles. The zero-order valence-electron chi connectivity index (χ0n) is 17.1. The van der Waals surface area contributed by atoms with Gasteiger partial charge in [-0.1, -0.05) is 13.0 Å². The Morgan fingerprint density at radius 1 is 1.34 bits per heavy atom.